The second kappa shape index (κ2) is 11.2. The molecule has 0 saturated carbocycles. The maximum Gasteiger partial charge on any atom is 0.409 e. The maximum absolute atomic E-state index is 12.6. The lowest BCUT2D eigenvalue weighted by Crippen LogP contribution is -2.37. The van der Waals surface area contributed by atoms with Gasteiger partial charge in [0.2, 0.25) is 0 Å². The van der Waals surface area contributed by atoms with Crippen molar-refractivity contribution in [1.29, 1.82) is 0 Å². The van der Waals surface area contributed by atoms with Gasteiger partial charge in [0.25, 0.3) is 0 Å². The minimum absolute atomic E-state index is 0.190. The quantitative estimate of drug-likeness (QED) is 0.519. The molecule has 1 saturated heterocycles. The Labute approximate surface area is 202 Å². The van der Waals surface area contributed by atoms with Crippen molar-refractivity contribution >= 4 is 23.3 Å². The van der Waals surface area contributed by atoms with Crippen LogP contribution in [0.1, 0.15) is 55.5 Å². The molecule has 0 N–H and O–H groups in total. The van der Waals surface area contributed by atoms with E-state index < -0.39 is 0 Å². The molecular weight excluding hydrogens is 434 g/mol. The highest BCUT2D eigenvalue weighted by molar-refractivity contribution is 6.30. The Morgan fingerprint density at radius 3 is 2.61 bits per heavy atom. The van der Waals surface area contributed by atoms with E-state index in [0.29, 0.717) is 19.7 Å². The summed E-state index contributed by atoms with van der Waals surface area (Å²) < 4.78 is 5.56. The first-order valence-electron chi connectivity index (χ1n) is 12.2. The Kier molecular flexibility index (Phi) is 8.05. The van der Waals surface area contributed by atoms with Gasteiger partial charge in [0.15, 0.2) is 0 Å². The van der Waals surface area contributed by atoms with Crippen LogP contribution in [0, 0.1) is 0 Å². The fourth-order valence-electron chi connectivity index (χ4n) is 4.92. The predicted octanol–water partition coefficient (Wildman–Crippen LogP) is 5.60. The van der Waals surface area contributed by atoms with Gasteiger partial charge in [-0.2, -0.15) is 0 Å². The van der Waals surface area contributed by atoms with Crippen molar-refractivity contribution in [3.63, 3.8) is 0 Å². The van der Waals surface area contributed by atoms with E-state index >= 15 is 0 Å². The Morgan fingerprint density at radius 2 is 1.85 bits per heavy atom. The number of likely N-dealkylation sites (tertiary alicyclic amines) is 1. The Hall–Kier alpha value is -2.37. The normalized spacial score (nSPS) is 15.8. The van der Waals surface area contributed by atoms with E-state index in [1.165, 1.54) is 27.8 Å². The fourth-order valence-corrected chi connectivity index (χ4v) is 5.12. The van der Waals surface area contributed by atoms with Crippen LogP contribution in [0.2, 0.25) is 5.02 Å². The summed E-state index contributed by atoms with van der Waals surface area (Å²) in [5, 5.41) is 0.774. The lowest BCUT2D eigenvalue weighted by atomic mass is 9.88. The first-order valence-corrected chi connectivity index (χ1v) is 12.6. The Bertz CT molecular complexity index is 1010. The number of rotatable bonds is 6. The second-order valence-electron chi connectivity index (χ2n) is 8.77. The SMILES string of the molecule is CCN(CC)CCCOC(=O)N1CCC(=C2c3ccc(Cl)cc3CCc3cccnc32)CC1. The molecular formula is C27H34ClN3O2. The Balaban J connectivity index is 1.47. The van der Waals surface area contributed by atoms with Crippen molar-refractivity contribution in [1.82, 2.24) is 14.8 Å². The van der Waals surface area contributed by atoms with Gasteiger partial charge >= 0.3 is 6.09 Å². The number of amides is 1. The summed E-state index contributed by atoms with van der Waals surface area (Å²) in [5.41, 5.74) is 7.48. The highest BCUT2D eigenvalue weighted by Gasteiger charge is 2.27. The van der Waals surface area contributed by atoms with Crippen LogP contribution >= 0.6 is 11.6 Å². The summed E-state index contributed by atoms with van der Waals surface area (Å²) in [6.45, 7) is 9.17. The molecule has 0 radical (unpaired) electrons. The van der Waals surface area contributed by atoms with Crippen LogP contribution in [-0.4, -0.2) is 60.2 Å². The van der Waals surface area contributed by atoms with E-state index in [0.717, 1.165) is 62.5 Å². The smallest absolute Gasteiger partial charge is 0.409 e. The predicted molar refractivity (Wildman–Crippen MR) is 134 cm³/mol. The number of benzene rings is 1. The molecule has 2 heterocycles. The van der Waals surface area contributed by atoms with Gasteiger partial charge in [0.1, 0.15) is 0 Å². The molecule has 176 valence electrons. The molecule has 1 aromatic carbocycles. The first kappa shape index (κ1) is 23.8. The minimum atomic E-state index is -0.190. The number of carbonyl (C=O) groups excluding carboxylic acids is 1. The molecule has 0 spiro atoms. The number of fused-ring (bicyclic) bond motifs is 2. The van der Waals surface area contributed by atoms with E-state index in [1.54, 1.807) is 0 Å². The molecule has 2 aliphatic rings. The van der Waals surface area contributed by atoms with Crippen LogP contribution in [0.15, 0.2) is 42.1 Å². The molecule has 2 aromatic rings. The third kappa shape index (κ3) is 5.59. The van der Waals surface area contributed by atoms with Gasteiger partial charge in [-0.15, -0.1) is 0 Å². The molecule has 4 rings (SSSR count). The molecule has 1 fully saturated rings. The number of halogens is 1. The number of ether oxygens (including phenoxy) is 1. The molecule has 0 unspecified atom stereocenters. The van der Waals surface area contributed by atoms with E-state index in [-0.39, 0.29) is 6.09 Å². The van der Waals surface area contributed by atoms with E-state index in [4.69, 9.17) is 21.3 Å². The number of pyridine rings is 1. The van der Waals surface area contributed by atoms with Gasteiger partial charge in [-0.3, -0.25) is 4.98 Å². The zero-order chi connectivity index (χ0) is 23.2. The molecule has 1 aliphatic heterocycles. The van der Waals surface area contributed by atoms with E-state index in [1.807, 2.05) is 23.2 Å². The van der Waals surface area contributed by atoms with E-state index in [9.17, 15) is 4.79 Å². The van der Waals surface area contributed by atoms with Crippen molar-refractivity contribution in [2.75, 3.05) is 39.3 Å². The number of nitrogens with zero attached hydrogens (tertiary/aromatic N) is 3. The number of hydrogen-bond acceptors (Lipinski definition) is 4. The molecule has 1 aliphatic carbocycles. The largest absolute Gasteiger partial charge is 0.449 e. The van der Waals surface area contributed by atoms with Crippen LogP contribution in [0.25, 0.3) is 5.57 Å². The van der Waals surface area contributed by atoms with Crippen molar-refractivity contribution < 1.29 is 9.53 Å². The third-order valence-corrected chi connectivity index (χ3v) is 7.08. The number of hydrogen-bond donors (Lipinski definition) is 0. The Morgan fingerprint density at radius 1 is 1.09 bits per heavy atom. The van der Waals surface area contributed by atoms with Crippen LogP contribution in [0.4, 0.5) is 4.79 Å². The van der Waals surface area contributed by atoms with Crippen LogP contribution in [-0.2, 0) is 17.6 Å². The molecule has 1 aromatic heterocycles. The van der Waals surface area contributed by atoms with Crippen LogP contribution in [0.5, 0.6) is 0 Å². The average molecular weight is 468 g/mol. The number of aryl methyl sites for hydroxylation is 2. The van der Waals surface area contributed by atoms with Crippen molar-refractivity contribution in [2.45, 2.75) is 46.0 Å². The third-order valence-electron chi connectivity index (χ3n) is 6.85. The second-order valence-corrected chi connectivity index (χ2v) is 9.21. The highest BCUT2D eigenvalue weighted by Crippen LogP contribution is 2.38. The minimum Gasteiger partial charge on any atom is -0.449 e. The van der Waals surface area contributed by atoms with Gasteiger partial charge in [-0.25, -0.2) is 4.79 Å². The van der Waals surface area contributed by atoms with Gasteiger partial charge < -0.3 is 14.5 Å². The monoisotopic (exact) mass is 467 g/mol. The van der Waals surface area contributed by atoms with Gasteiger partial charge in [0, 0.05) is 36.4 Å². The summed E-state index contributed by atoms with van der Waals surface area (Å²) in [5.74, 6) is 0. The summed E-state index contributed by atoms with van der Waals surface area (Å²) in [4.78, 5) is 21.6. The number of carbonyl (C=O) groups is 1. The highest BCUT2D eigenvalue weighted by atomic mass is 35.5. The van der Waals surface area contributed by atoms with Gasteiger partial charge in [-0.05, 0) is 80.1 Å². The zero-order valence-corrected chi connectivity index (χ0v) is 20.5. The zero-order valence-electron chi connectivity index (χ0n) is 19.8. The van der Waals surface area contributed by atoms with E-state index in [2.05, 4.69) is 36.9 Å². The summed E-state index contributed by atoms with van der Waals surface area (Å²) in [6, 6.07) is 10.4. The lowest BCUT2D eigenvalue weighted by Gasteiger charge is -2.30. The fraction of sp³-hybridized carbons (Fsp3) is 0.481. The molecule has 5 nitrogen and oxygen atoms in total. The summed E-state index contributed by atoms with van der Waals surface area (Å²) in [6.07, 6.45) is 6.15. The molecule has 0 bridgehead atoms. The molecule has 33 heavy (non-hydrogen) atoms. The number of aromatic nitrogens is 1. The standard InChI is InChI=1S/C27H34ClN3O2/c1-3-30(4-2)15-6-18-33-27(32)31-16-12-20(13-17-31)25-24-11-10-23(28)19-22(24)9-8-21-7-5-14-29-26(21)25/h5,7,10-11,14,19H,3-4,6,8-9,12-13,15-18H2,1-2H3. The topological polar surface area (TPSA) is 45.7 Å². The van der Waals surface area contributed by atoms with Crippen molar-refractivity contribution in [3.8, 4) is 0 Å². The van der Waals surface area contributed by atoms with Crippen LogP contribution in [0.3, 0.4) is 0 Å². The summed E-state index contributed by atoms with van der Waals surface area (Å²) in [7, 11) is 0. The first-order chi connectivity index (χ1) is 16.1. The van der Waals surface area contributed by atoms with Crippen LogP contribution < -0.4 is 0 Å². The van der Waals surface area contributed by atoms with Gasteiger partial charge in [-0.1, -0.05) is 43.2 Å². The molecule has 6 heteroatoms. The average Bonchev–Trinajstić information content (AvgIpc) is 3.00. The summed E-state index contributed by atoms with van der Waals surface area (Å²) >= 11 is 6.32. The number of piperidine rings is 1. The van der Waals surface area contributed by atoms with Crippen molar-refractivity contribution in [2.24, 2.45) is 0 Å². The molecule has 0 atom stereocenters. The molecule has 1 amide bonds. The van der Waals surface area contributed by atoms with Gasteiger partial charge in [0.05, 0.1) is 12.3 Å². The maximum atomic E-state index is 12.6. The van der Waals surface area contributed by atoms with Crippen molar-refractivity contribution in [3.05, 3.63) is 69.5 Å². The lowest BCUT2D eigenvalue weighted by molar-refractivity contribution is 0.0953.